The number of nitrogens with one attached hydrogen (secondary N) is 2. The Labute approximate surface area is 195 Å². The van der Waals surface area contributed by atoms with Crippen LogP contribution in [-0.4, -0.2) is 35.0 Å². The number of rotatable bonds is 8. The van der Waals surface area contributed by atoms with Gasteiger partial charge >= 0.3 is 0 Å². The minimum absolute atomic E-state index is 0.0353. The van der Waals surface area contributed by atoms with Crippen LogP contribution in [0.4, 0.5) is 5.82 Å². The van der Waals surface area contributed by atoms with Crippen molar-refractivity contribution < 1.29 is 14.3 Å². The van der Waals surface area contributed by atoms with Gasteiger partial charge in [0.05, 0.1) is 18.4 Å². The Morgan fingerprint density at radius 1 is 1.16 bits per heavy atom. The Bertz CT molecular complexity index is 1130. The summed E-state index contributed by atoms with van der Waals surface area (Å²) >= 11 is 3.27. The number of methoxy groups -OCH3 is 1. The number of nitrogens with zero attached hydrogens (tertiary/aromatic N) is 2. The monoisotopic (exact) mass is 468 g/mol. The number of hydrogen-bond donors (Lipinski definition) is 2. The lowest BCUT2D eigenvalue weighted by Crippen LogP contribution is -2.29. The molecule has 0 spiro atoms. The lowest BCUT2D eigenvalue weighted by molar-refractivity contribution is -0.122. The van der Waals surface area contributed by atoms with Crippen LogP contribution in [0.2, 0.25) is 0 Å². The first kappa shape index (κ1) is 22.3. The summed E-state index contributed by atoms with van der Waals surface area (Å²) in [5, 5.41) is 10.5. The zero-order chi connectivity index (χ0) is 22.5. The first-order chi connectivity index (χ1) is 15.6. The second kappa shape index (κ2) is 10.1. The highest BCUT2D eigenvalue weighted by Gasteiger charge is 2.25. The van der Waals surface area contributed by atoms with Crippen molar-refractivity contribution in [2.75, 3.05) is 18.7 Å². The van der Waals surface area contributed by atoms with Gasteiger partial charge in [0.25, 0.3) is 5.91 Å². The van der Waals surface area contributed by atoms with Gasteiger partial charge in [0.1, 0.15) is 18.1 Å². The molecule has 0 fully saturated rings. The van der Waals surface area contributed by atoms with Crippen LogP contribution in [0.1, 0.15) is 27.2 Å². The summed E-state index contributed by atoms with van der Waals surface area (Å²) in [6.45, 7) is 0.441. The summed E-state index contributed by atoms with van der Waals surface area (Å²) in [6.07, 6.45) is 1.94. The third-order valence-corrected chi connectivity index (χ3v) is 6.91. The van der Waals surface area contributed by atoms with Crippen molar-refractivity contribution in [1.82, 2.24) is 15.1 Å². The summed E-state index contributed by atoms with van der Waals surface area (Å²) in [5.41, 5.74) is 3.50. The lowest BCUT2D eigenvalue weighted by Gasteiger charge is -2.13. The second-order valence-corrected chi connectivity index (χ2v) is 9.04. The van der Waals surface area contributed by atoms with Gasteiger partial charge < -0.3 is 15.4 Å². The first-order valence-corrected chi connectivity index (χ1v) is 12.5. The highest BCUT2D eigenvalue weighted by atomic mass is 32.2. The molecular formula is C23H24N4O3S2. The molecule has 9 heteroatoms. The standard InChI is InChI=1S/C23H24N4O3S2/c1-30-16-9-7-15(8-10-16)11-24-21(28)12-27-22(18-13-32-14-19(18)26-27)25-23(29)17-5-3-4-6-20(17)31-2/h3-10H,11-14H2,1-2H3,(H,24,28)(H,25,29). The van der Waals surface area contributed by atoms with Crippen LogP contribution < -0.4 is 15.4 Å². The summed E-state index contributed by atoms with van der Waals surface area (Å²) in [6, 6.07) is 15.0. The quantitative estimate of drug-likeness (QED) is 0.488. The fourth-order valence-corrected chi connectivity index (χ4v) is 5.09. The number of benzene rings is 2. The minimum Gasteiger partial charge on any atom is -0.497 e. The third kappa shape index (κ3) is 4.94. The predicted molar refractivity (Wildman–Crippen MR) is 128 cm³/mol. The van der Waals surface area contributed by atoms with Gasteiger partial charge in [-0.15, -0.1) is 11.8 Å². The number of aromatic nitrogens is 2. The summed E-state index contributed by atoms with van der Waals surface area (Å²) in [4.78, 5) is 26.5. The average Bonchev–Trinajstić information content (AvgIpc) is 3.40. The van der Waals surface area contributed by atoms with Gasteiger partial charge in [-0.2, -0.15) is 16.9 Å². The molecule has 1 aliphatic heterocycles. The number of carbonyl (C=O) groups excluding carboxylic acids is 2. The molecule has 2 amide bonds. The third-order valence-electron chi connectivity index (χ3n) is 5.14. The largest absolute Gasteiger partial charge is 0.497 e. The summed E-state index contributed by atoms with van der Waals surface area (Å²) < 4.78 is 6.76. The Kier molecular flexibility index (Phi) is 7.06. The van der Waals surface area contributed by atoms with E-state index in [0.717, 1.165) is 39.0 Å². The molecule has 1 aliphatic rings. The van der Waals surface area contributed by atoms with E-state index in [1.807, 2.05) is 48.7 Å². The minimum atomic E-state index is -0.200. The van der Waals surface area contributed by atoms with Crippen LogP contribution in [0, 0.1) is 0 Å². The smallest absolute Gasteiger partial charge is 0.257 e. The van der Waals surface area contributed by atoms with Crippen molar-refractivity contribution in [1.29, 1.82) is 0 Å². The van der Waals surface area contributed by atoms with Gasteiger partial charge in [0, 0.05) is 28.5 Å². The van der Waals surface area contributed by atoms with Gasteiger partial charge in [-0.3, -0.25) is 9.59 Å². The topological polar surface area (TPSA) is 85.2 Å². The SMILES string of the molecule is COc1ccc(CNC(=O)Cn2nc3c(c2NC(=O)c2ccccc2SC)CSC3)cc1. The molecule has 0 atom stereocenters. The van der Waals surface area contributed by atoms with E-state index in [4.69, 9.17) is 4.74 Å². The van der Waals surface area contributed by atoms with Gasteiger partial charge in [0.2, 0.25) is 5.91 Å². The van der Waals surface area contributed by atoms with Crippen LogP contribution in [0.15, 0.2) is 53.4 Å². The van der Waals surface area contributed by atoms with E-state index in [2.05, 4.69) is 15.7 Å². The average molecular weight is 469 g/mol. The van der Waals surface area contributed by atoms with Crippen LogP contribution in [0.5, 0.6) is 5.75 Å². The molecule has 3 aromatic rings. The zero-order valence-corrected chi connectivity index (χ0v) is 19.5. The first-order valence-electron chi connectivity index (χ1n) is 10.1. The second-order valence-electron chi connectivity index (χ2n) is 7.20. The highest BCUT2D eigenvalue weighted by molar-refractivity contribution is 7.98. The van der Waals surface area contributed by atoms with Crippen molar-refractivity contribution in [3.05, 3.63) is 70.9 Å². The molecule has 0 aliphatic carbocycles. The summed E-state index contributed by atoms with van der Waals surface area (Å²) in [7, 11) is 1.62. The molecule has 7 nitrogen and oxygen atoms in total. The Morgan fingerprint density at radius 2 is 1.94 bits per heavy atom. The van der Waals surface area contributed by atoms with E-state index in [0.29, 0.717) is 17.9 Å². The van der Waals surface area contributed by atoms with Crippen LogP contribution in [0.25, 0.3) is 0 Å². The number of amides is 2. The van der Waals surface area contributed by atoms with Crippen molar-refractivity contribution in [3.63, 3.8) is 0 Å². The van der Waals surface area contributed by atoms with E-state index >= 15 is 0 Å². The molecule has 4 rings (SSSR count). The van der Waals surface area contributed by atoms with E-state index in [-0.39, 0.29) is 18.4 Å². The lowest BCUT2D eigenvalue weighted by atomic mass is 10.2. The van der Waals surface area contributed by atoms with Gasteiger partial charge in [-0.25, -0.2) is 4.68 Å². The van der Waals surface area contributed by atoms with E-state index < -0.39 is 0 Å². The van der Waals surface area contributed by atoms with E-state index in [1.54, 1.807) is 29.6 Å². The van der Waals surface area contributed by atoms with Crippen molar-refractivity contribution >= 4 is 41.2 Å². The normalized spacial score (nSPS) is 12.3. The number of thioether (sulfide) groups is 2. The molecule has 0 saturated carbocycles. The maximum Gasteiger partial charge on any atom is 0.257 e. The van der Waals surface area contributed by atoms with Crippen LogP contribution in [-0.2, 0) is 29.4 Å². The molecule has 32 heavy (non-hydrogen) atoms. The maximum atomic E-state index is 13.0. The fourth-order valence-electron chi connectivity index (χ4n) is 3.46. The molecule has 0 bridgehead atoms. The Hall–Kier alpha value is -2.91. The fraction of sp³-hybridized carbons (Fsp3) is 0.261. The number of hydrogen-bond acceptors (Lipinski definition) is 6. The molecule has 0 radical (unpaired) electrons. The van der Waals surface area contributed by atoms with Crippen molar-refractivity contribution in [2.45, 2.75) is 29.5 Å². The molecule has 2 heterocycles. The molecule has 2 N–H and O–H groups in total. The van der Waals surface area contributed by atoms with Gasteiger partial charge in [-0.05, 0) is 36.1 Å². The molecule has 0 saturated heterocycles. The molecule has 2 aromatic carbocycles. The van der Waals surface area contributed by atoms with E-state index in [9.17, 15) is 9.59 Å². The summed E-state index contributed by atoms with van der Waals surface area (Å²) in [5.74, 6) is 2.55. The Balaban J connectivity index is 1.47. The molecule has 166 valence electrons. The van der Waals surface area contributed by atoms with Crippen LogP contribution in [0.3, 0.4) is 0 Å². The number of anilines is 1. The number of ether oxygens (including phenoxy) is 1. The molecule has 0 unspecified atom stereocenters. The van der Waals surface area contributed by atoms with E-state index in [1.165, 1.54) is 11.8 Å². The zero-order valence-electron chi connectivity index (χ0n) is 17.9. The molecular weight excluding hydrogens is 444 g/mol. The van der Waals surface area contributed by atoms with Crippen molar-refractivity contribution in [2.24, 2.45) is 0 Å². The maximum absolute atomic E-state index is 13.0. The van der Waals surface area contributed by atoms with Crippen molar-refractivity contribution in [3.8, 4) is 5.75 Å². The Morgan fingerprint density at radius 3 is 2.69 bits per heavy atom. The number of carbonyl (C=O) groups is 2. The van der Waals surface area contributed by atoms with Gasteiger partial charge in [0.15, 0.2) is 0 Å². The predicted octanol–water partition coefficient (Wildman–Crippen LogP) is 3.93. The molecule has 1 aromatic heterocycles. The van der Waals surface area contributed by atoms with Crippen LogP contribution >= 0.6 is 23.5 Å². The van der Waals surface area contributed by atoms with Gasteiger partial charge in [-0.1, -0.05) is 24.3 Å². The number of fused-ring (bicyclic) bond motifs is 1. The highest BCUT2D eigenvalue weighted by Crippen LogP contribution is 2.35.